The van der Waals surface area contributed by atoms with Gasteiger partial charge in [-0.05, 0) is 42.4 Å². The number of carbonyl (C=O) groups is 2. The van der Waals surface area contributed by atoms with Crippen molar-refractivity contribution in [2.75, 3.05) is 18.2 Å². The molecule has 158 valence electrons. The highest BCUT2D eigenvalue weighted by Gasteiger charge is 2.16. The van der Waals surface area contributed by atoms with Crippen LogP contribution in [-0.4, -0.2) is 34.3 Å². The smallest absolute Gasteiger partial charge is 0.326 e. The monoisotopic (exact) mass is 425 g/mol. The number of para-hydroxylation sites is 3. The number of hydrogen-bond donors (Lipinski definition) is 1. The standard InChI is InChI=1S/C23H27N3O3S/c1-4-16-9-8-10-17(5-2)23(16)25-21(27)14-29-22(28)13-26-19-12-7-6-11-18(19)24-20(26)15-30-3/h6-12H,4-5,13-15H2,1-3H3,(H,25,27). The Morgan fingerprint density at radius 2 is 1.77 bits per heavy atom. The summed E-state index contributed by atoms with van der Waals surface area (Å²) in [5, 5.41) is 2.92. The van der Waals surface area contributed by atoms with Gasteiger partial charge in [-0.1, -0.05) is 44.2 Å². The summed E-state index contributed by atoms with van der Waals surface area (Å²) in [4.78, 5) is 29.5. The normalized spacial score (nSPS) is 10.9. The number of esters is 1. The number of rotatable bonds is 9. The first-order valence-corrected chi connectivity index (χ1v) is 11.5. The molecule has 0 aliphatic heterocycles. The van der Waals surface area contributed by atoms with Crippen molar-refractivity contribution in [3.63, 3.8) is 0 Å². The quantitative estimate of drug-likeness (QED) is 0.520. The molecule has 1 N–H and O–H groups in total. The lowest BCUT2D eigenvalue weighted by atomic mass is 10.0. The van der Waals surface area contributed by atoms with Gasteiger partial charge in [0.15, 0.2) is 6.61 Å². The van der Waals surface area contributed by atoms with Gasteiger partial charge in [-0.3, -0.25) is 9.59 Å². The van der Waals surface area contributed by atoms with Crippen LogP contribution in [0.25, 0.3) is 11.0 Å². The van der Waals surface area contributed by atoms with E-state index in [-0.39, 0.29) is 19.1 Å². The first kappa shape index (κ1) is 21.9. The number of nitrogens with zero attached hydrogens (tertiary/aromatic N) is 2. The highest BCUT2D eigenvalue weighted by Crippen LogP contribution is 2.22. The molecule has 2 aromatic carbocycles. The molecule has 6 nitrogen and oxygen atoms in total. The number of benzene rings is 2. The summed E-state index contributed by atoms with van der Waals surface area (Å²) in [5.74, 6) is 0.708. The van der Waals surface area contributed by atoms with Crippen LogP contribution in [0.5, 0.6) is 0 Å². The van der Waals surface area contributed by atoms with Gasteiger partial charge in [0.1, 0.15) is 12.4 Å². The summed E-state index contributed by atoms with van der Waals surface area (Å²) < 4.78 is 7.13. The number of hydrogen-bond acceptors (Lipinski definition) is 5. The number of anilines is 1. The highest BCUT2D eigenvalue weighted by atomic mass is 32.2. The second-order valence-corrected chi connectivity index (χ2v) is 7.77. The van der Waals surface area contributed by atoms with Gasteiger partial charge < -0.3 is 14.6 Å². The van der Waals surface area contributed by atoms with Crippen molar-refractivity contribution in [1.82, 2.24) is 9.55 Å². The van der Waals surface area contributed by atoms with Gasteiger partial charge >= 0.3 is 5.97 Å². The number of thioether (sulfide) groups is 1. The zero-order valence-electron chi connectivity index (χ0n) is 17.6. The summed E-state index contributed by atoms with van der Waals surface area (Å²) >= 11 is 1.64. The van der Waals surface area contributed by atoms with E-state index in [0.29, 0.717) is 5.75 Å². The van der Waals surface area contributed by atoms with Gasteiger partial charge in [0, 0.05) is 5.69 Å². The number of carbonyl (C=O) groups excluding carboxylic acids is 2. The van der Waals surface area contributed by atoms with Gasteiger partial charge in [-0.2, -0.15) is 11.8 Å². The van der Waals surface area contributed by atoms with Gasteiger partial charge in [0.05, 0.1) is 16.8 Å². The first-order valence-electron chi connectivity index (χ1n) is 10.1. The van der Waals surface area contributed by atoms with Gasteiger partial charge in [-0.25, -0.2) is 4.98 Å². The fraction of sp³-hybridized carbons (Fsp3) is 0.348. The van der Waals surface area contributed by atoms with E-state index in [1.807, 2.05) is 67.1 Å². The molecule has 1 amide bonds. The topological polar surface area (TPSA) is 73.2 Å². The van der Waals surface area contributed by atoms with Crippen LogP contribution < -0.4 is 5.32 Å². The number of fused-ring (bicyclic) bond motifs is 1. The lowest BCUT2D eigenvalue weighted by Gasteiger charge is -2.14. The van der Waals surface area contributed by atoms with Crippen LogP contribution in [-0.2, 0) is 39.5 Å². The Labute approximate surface area is 181 Å². The van der Waals surface area contributed by atoms with Crippen molar-refractivity contribution in [3.05, 3.63) is 59.4 Å². The van der Waals surface area contributed by atoms with E-state index in [4.69, 9.17) is 4.74 Å². The third-order valence-corrected chi connectivity index (χ3v) is 5.47. The minimum Gasteiger partial charge on any atom is -0.454 e. The molecule has 0 aliphatic rings. The van der Waals surface area contributed by atoms with Crippen LogP contribution in [0.4, 0.5) is 5.69 Å². The molecule has 0 saturated heterocycles. The van der Waals surface area contributed by atoms with Crippen LogP contribution in [0.1, 0.15) is 30.8 Å². The molecule has 0 saturated carbocycles. The summed E-state index contributed by atoms with van der Waals surface area (Å²) in [6, 6.07) is 13.7. The molecule has 3 rings (SSSR count). The van der Waals surface area contributed by atoms with E-state index in [1.54, 1.807) is 11.8 Å². The van der Waals surface area contributed by atoms with Crippen molar-refractivity contribution < 1.29 is 14.3 Å². The highest BCUT2D eigenvalue weighted by molar-refractivity contribution is 7.97. The van der Waals surface area contributed by atoms with E-state index in [1.165, 1.54) is 0 Å². The Morgan fingerprint density at radius 3 is 2.43 bits per heavy atom. The molecule has 0 aliphatic carbocycles. The van der Waals surface area contributed by atoms with Gasteiger partial charge in [0.2, 0.25) is 0 Å². The van der Waals surface area contributed by atoms with Crippen LogP contribution in [0.3, 0.4) is 0 Å². The minimum absolute atomic E-state index is 0.0233. The lowest BCUT2D eigenvalue weighted by Crippen LogP contribution is -2.24. The largest absolute Gasteiger partial charge is 0.454 e. The van der Waals surface area contributed by atoms with E-state index < -0.39 is 5.97 Å². The van der Waals surface area contributed by atoms with E-state index >= 15 is 0 Å². The second-order valence-electron chi connectivity index (χ2n) is 6.90. The summed E-state index contributed by atoms with van der Waals surface area (Å²) in [5.41, 5.74) is 4.69. The van der Waals surface area contributed by atoms with Crippen molar-refractivity contribution in [2.24, 2.45) is 0 Å². The van der Waals surface area contributed by atoms with Gasteiger partial charge in [0.25, 0.3) is 5.91 Å². The van der Waals surface area contributed by atoms with Gasteiger partial charge in [-0.15, -0.1) is 0 Å². The fourth-order valence-corrected chi connectivity index (χ4v) is 3.92. The van der Waals surface area contributed by atoms with Crippen molar-refractivity contribution >= 4 is 40.4 Å². The van der Waals surface area contributed by atoms with E-state index in [0.717, 1.165) is 46.5 Å². The van der Waals surface area contributed by atoms with Crippen molar-refractivity contribution in [3.8, 4) is 0 Å². The maximum absolute atomic E-state index is 12.5. The number of aryl methyl sites for hydroxylation is 2. The Morgan fingerprint density at radius 1 is 1.07 bits per heavy atom. The van der Waals surface area contributed by atoms with E-state index in [9.17, 15) is 9.59 Å². The maximum atomic E-state index is 12.5. The third kappa shape index (κ3) is 5.02. The third-order valence-electron chi connectivity index (χ3n) is 4.92. The Bertz CT molecular complexity index is 1020. The average Bonchev–Trinajstić information content (AvgIpc) is 3.09. The molecular weight excluding hydrogens is 398 g/mol. The van der Waals surface area contributed by atoms with Crippen molar-refractivity contribution in [2.45, 2.75) is 39.0 Å². The number of imidazole rings is 1. The molecule has 0 radical (unpaired) electrons. The van der Waals surface area contributed by atoms with Crippen molar-refractivity contribution in [1.29, 1.82) is 0 Å². The zero-order chi connectivity index (χ0) is 21.5. The Balaban J connectivity index is 1.65. The molecule has 1 heterocycles. The fourth-order valence-electron chi connectivity index (χ4n) is 3.44. The first-order chi connectivity index (χ1) is 14.6. The summed E-state index contributed by atoms with van der Waals surface area (Å²) in [6.07, 6.45) is 3.62. The molecule has 0 unspecified atom stereocenters. The Hall–Kier alpha value is -2.80. The molecule has 7 heteroatoms. The number of ether oxygens (including phenoxy) is 1. The van der Waals surface area contributed by atoms with Crippen LogP contribution in [0.15, 0.2) is 42.5 Å². The SMILES string of the molecule is CCc1cccc(CC)c1NC(=O)COC(=O)Cn1c(CSC)nc2ccccc21. The molecule has 0 bridgehead atoms. The van der Waals surface area contributed by atoms with Crippen LogP contribution in [0, 0.1) is 0 Å². The van der Waals surface area contributed by atoms with E-state index in [2.05, 4.69) is 10.3 Å². The number of nitrogens with one attached hydrogen (secondary N) is 1. The number of amides is 1. The second kappa shape index (κ2) is 10.3. The van der Waals surface area contributed by atoms with Crippen LogP contribution >= 0.6 is 11.8 Å². The summed E-state index contributed by atoms with van der Waals surface area (Å²) in [6.45, 7) is 3.80. The molecule has 30 heavy (non-hydrogen) atoms. The number of aromatic nitrogens is 2. The Kier molecular flexibility index (Phi) is 7.52. The predicted octanol–water partition coefficient (Wildman–Crippen LogP) is 4.21. The molecule has 0 fully saturated rings. The lowest BCUT2D eigenvalue weighted by molar-refractivity contribution is -0.147. The molecule has 3 aromatic rings. The van der Waals surface area contributed by atoms with Crippen LogP contribution in [0.2, 0.25) is 0 Å². The minimum atomic E-state index is -0.463. The summed E-state index contributed by atoms with van der Waals surface area (Å²) in [7, 11) is 0. The molecule has 0 spiro atoms. The maximum Gasteiger partial charge on any atom is 0.326 e. The molecule has 0 atom stereocenters. The predicted molar refractivity (Wildman–Crippen MR) is 122 cm³/mol. The average molecular weight is 426 g/mol. The molecule has 1 aromatic heterocycles. The molecular formula is C23H27N3O3S. The zero-order valence-corrected chi connectivity index (χ0v) is 18.4.